The van der Waals surface area contributed by atoms with E-state index in [-0.39, 0.29) is 0 Å². The molecule has 90 valence electrons. The third-order valence-electron chi connectivity index (χ3n) is 1.88. The van der Waals surface area contributed by atoms with Crippen LogP contribution in [0.25, 0.3) is 0 Å². The molecule has 0 spiro atoms. The zero-order valence-electron chi connectivity index (χ0n) is 8.31. The summed E-state index contributed by atoms with van der Waals surface area (Å²) in [6.45, 7) is 1.29. The minimum absolute atomic E-state index is 0.371. The molecule has 0 radical (unpaired) electrons. The standard InChI is InChI=1S/C10H9BrClF3O/c1-6-4-7(2-3-8(6)12)16-5-9(11)10(13,14)15/h2-4,9H,5H2,1H3. The average Bonchev–Trinajstić information content (AvgIpc) is 2.18. The van der Waals surface area contributed by atoms with Crippen molar-refractivity contribution in [2.24, 2.45) is 0 Å². The molecule has 1 rings (SSSR count). The Bertz CT molecular complexity index is 368. The average molecular weight is 318 g/mol. The molecule has 0 saturated carbocycles. The molecule has 0 amide bonds. The molecule has 6 heteroatoms. The predicted octanol–water partition coefficient (Wildman–Crippen LogP) is 4.35. The van der Waals surface area contributed by atoms with Gasteiger partial charge in [-0.1, -0.05) is 27.5 Å². The van der Waals surface area contributed by atoms with Gasteiger partial charge in [0.1, 0.15) is 17.2 Å². The fraction of sp³-hybridized carbons (Fsp3) is 0.400. The van der Waals surface area contributed by atoms with Crippen LogP contribution in [0.1, 0.15) is 5.56 Å². The summed E-state index contributed by atoms with van der Waals surface area (Å²) in [5.41, 5.74) is 0.761. The first-order chi connectivity index (χ1) is 7.30. The Morgan fingerprint density at radius 2 is 2.06 bits per heavy atom. The molecule has 1 atom stereocenters. The normalized spacial score (nSPS) is 13.6. The SMILES string of the molecule is Cc1cc(OCC(Br)C(F)(F)F)ccc1Cl. The third kappa shape index (κ3) is 3.87. The number of aryl methyl sites for hydroxylation is 1. The molecule has 1 unspecified atom stereocenters. The fourth-order valence-corrected chi connectivity index (χ4v) is 1.22. The molecule has 0 heterocycles. The Balaban J connectivity index is 2.58. The van der Waals surface area contributed by atoms with Gasteiger partial charge in [-0.25, -0.2) is 0 Å². The Morgan fingerprint density at radius 3 is 2.56 bits per heavy atom. The van der Waals surface area contributed by atoms with Crippen molar-refractivity contribution in [3.8, 4) is 5.75 Å². The van der Waals surface area contributed by atoms with Gasteiger partial charge in [-0.15, -0.1) is 0 Å². The number of hydrogen-bond donors (Lipinski definition) is 0. The summed E-state index contributed by atoms with van der Waals surface area (Å²) in [4.78, 5) is -1.67. The smallest absolute Gasteiger partial charge is 0.404 e. The van der Waals surface area contributed by atoms with E-state index in [0.29, 0.717) is 10.8 Å². The van der Waals surface area contributed by atoms with Crippen molar-refractivity contribution >= 4 is 27.5 Å². The second kappa shape index (κ2) is 5.27. The molecule has 0 aliphatic heterocycles. The van der Waals surface area contributed by atoms with Crippen LogP contribution in [0.15, 0.2) is 18.2 Å². The van der Waals surface area contributed by atoms with Gasteiger partial charge in [-0.3, -0.25) is 0 Å². The van der Waals surface area contributed by atoms with Gasteiger partial charge in [0.25, 0.3) is 0 Å². The summed E-state index contributed by atoms with van der Waals surface area (Å²) in [6.07, 6.45) is -4.30. The lowest BCUT2D eigenvalue weighted by atomic mass is 10.2. The van der Waals surface area contributed by atoms with E-state index in [1.165, 1.54) is 6.07 Å². The third-order valence-corrected chi connectivity index (χ3v) is 3.09. The van der Waals surface area contributed by atoms with Crippen LogP contribution in [0.2, 0.25) is 5.02 Å². The van der Waals surface area contributed by atoms with Gasteiger partial charge in [0.05, 0.1) is 0 Å². The van der Waals surface area contributed by atoms with E-state index in [2.05, 4.69) is 15.9 Å². The van der Waals surface area contributed by atoms with E-state index in [1.807, 2.05) is 0 Å². The first-order valence-electron chi connectivity index (χ1n) is 4.40. The second-order valence-corrected chi connectivity index (χ2v) is 4.74. The van der Waals surface area contributed by atoms with Gasteiger partial charge >= 0.3 is 6.18 Å². The quantitative estimate of drug-likeness (QED) is 0.753. The van der Waals surface area contributed by atoms with Gasteiger partial charge in [-0.2, -0.15) is 13.2 Å². The van der Waals surface area contributed by atoms with Gasteiger partial charge in [0.2, 0.25) is 0 Å². The van der Waals surface area contributed by atoms with Gasteiger partial charge in [-0.05, 0) is 30.7 Å². The molecule has 0 bridgehead atoms. The largest absolute Gasteiger partial charge is 0.492 e. The zero-order chi connectivity index (χ0) is 12.3. The molecule has 1 aromatic rings. The van der Waals surface area contributed by atoms with Crippen LogP contribution in [0, 0.1) is 6.92 Å². The van der Waals surface area contributed by atoms with Crippen molar-refractivity contribution < 1.29 is 17.9 Å². The van der Waals surface area contributed by atoms with E-state index in [9.17, 15) is 13.2 Å². The molecule has 0 saturated heterocycles. The van der Waals surface area contributed by atoms with Crippen LogP contribution in [0.3, 0.4) is 0 Å². The molecule has 0 aliphatic carbocycles. The first-order valence-corrected chi connectivity index (χ1v) is 5.70. The maximum atomic E-state index is 12.1. The number of halogens is 5. The molecule has 0 fully saturated rings. The first kappa shape index (κ1) is 13.6. The highest BCUT2D eigenvalue weighted by molar-refractivity contribution is 9.09. The number of hydrogen-bond acceptors (Lipinski definition) is 1. The van der Waals surface area contributed by atoms with Crippen molar-refractivity contribution in [3.05, 3.63) is 28.8 Å². The number of alkyl halides is 4. The summed E-state index contributed by atoms with van der Waals surface area (Å²) in [5.74, 6) is 0.371. The molecule has 16 heavy (non-hydrogen) atoms. The minimum Gasteiger partial charge on any atom is -0.492 e. The highest BCUT2D eigenvalue weighted by Gasteiger charge is 2.38. The van der Waals surface area contributed by atoms with Crippen molar-refractivity contribution in [1.82, 2.24) is 0 Å². The lowest BCUT2D eigenvalue weighted by Gasteiger charge is -2.15. The van der Waals surface area contributed by atoms with E-state index >= 15 is 0 Å². The van der Waals surface area contributed by atoms with Crippen molar-refractivity contribution in [1.29, 1.82) is 0 Å². The molecule has 0 N–H and O–H groups in total. The number of benzene rings is 1. The van der Waals surface area contributed by atoms with Crippen LogP contribution in [0.4, 0.5) is 13.2 Å². The highest BCUT2D eigenvalue weighted by atomic mass is 79.9. The van der Waals surface area contributed by atoms with Gasteiger partial charge in [0, 0.05) is 5.02 Å². The summed E-state index contributed by atoms with van der Waals surface area (Å²) in [6, 6.07) is 4.72. The predicted molar refractivity (Wildman–Crippen MR) is 60.5 cm³/mol. The van der Waals surface area contributed by atoms with E-state index in [1.54, 1.807) is 19.1 Å². The highest BCUT2D eigenvalue weighted by Crippen LogP contribution is 2.27. The topological polar surface area (TPSA) is 9.23 Å². The summed E-state index contributed by atoms with van der Waals surface area (Å²) in [5, 5.41) is 0.554. The summed E-state index contributed by atoms with van der Waals surface area (Å²) >= 11 is 8.28. The van der Waals surface area contributed by atoms with Gasteiger partial charge < -0.3 is 4.74 Å². The Labute approximate surface area is 105 Å². The number of rotatable bonds is 3. The Morgan fingerprint density at radius 1 is 1.44 bits per heavy atom. The fourth-order valence-electron chi connectivity index (χ4n) is 0.971. The minimum atomic E-state index is -4.30. The maximum absolute atomic E-state index is 12.1. The molecule has 0 aromatic heterocycles. The van der Waals surface area contributed by atoms with Crippen molar-refractivity contribution in [2.45, 2.75) is 17.9 Å². The lowest BCUT2D eigenvalue weighted by molar-refractivity contribution is -0.132. The number of ether oxygens (including phenoxy) is 1. The van der Waals surface area contributed by atoms with Crippen molar-refractivity contribution in [3.63, 3.8) is 0 Å². The van der Waals surface area contributed by atoms with E-state index < -0.39 is 17.6 Å². The zero-order valence-corrected chi connectivity index (χ0v) is 10.7. The Kier molecular flexibility index (Phi) is 4.50. The Hall–Kier alpha value is -0.420. The molecular formula is C10H9BrClF3O. The summed E-state index contributed by atoms with van der Waals surface area (Å²) in [7, 11) is 0. The van der Waals surface area contributed by atoms with Crippen LogP contribution >= 0.6 is 27.5 Å². The van der Waals surface area contributed by atoms with E-state index in [4.69, 9.17) is 16.3 Å². The van der Waals surface area contributed by atoms with Crippen molar-refractivity contribution in [2.75, 3.05) is 6.61 Å². The molecule has 1 nitrogen and oxygen atoms in total. The van der Waals surface area contributed by atoms with E-state index in [0.717, 1.165) is 5.56 Å². The molecule has 0 aliphatic rings. The van der Waals surface area contributed by atoms with Crippen LogP contribution in [-0.4, -0.2) is 17.6 Å². The van der Waals surface area contributed by atoms with Crippen LogP contribution < -0.4 is 4.74 Å². The van der Waals surface area contributed by atoms with Crippen LogP contribution in [-0.2, 0) is 0 Å². The summed E-state index contributed by atoms with van der Waals surface area (Å²) < 4.78 is 41.4. The second-order valence-electron chi connectivity index (χ2n) is 3.23. The van der Waals surface area contributed by atoms with Gasteiger partial charge in [0.15, 0.2) is 0 Å². The monoisotopic (exact) mass is 316 g/mol. The van der Waals surface area contributed by atoms with Crippen LogP contribution in [0.5, 0.6) is 5.75 Å². The maximum Gasteiger partial charge on any atom is 0.404 e. The molecule has 1 aromatic carbocycles. The lowest BCUT2D eigenvalue weighted by Crippen LogP contribution is -2.28. The molecular weight excluding hydrogens is 308 g/mol.